The Bertz CT molecular complexity index is 1040. The van der Waals surface area contributed by atoms with Gasteiger partial charge in [0.15, 0.2) is 0 Å². The number of hydrogen-bond acceptors (Lipinski definition) is 4. The maximum absolute atomic E-state index is 12.2. The minimum absolute atomic E-state index is 0.0571. The van der Waals surface area contributed by atoms with Crippen LogP contribution in [-0.4, -0.2) is 15.7 Å². The molecule has 0 saturated carbocycles. The Hall–Kier alpha value is -3.17. The van der Waals surface area contributed by atoms with Crippen LogP contribution < -0.4 is 10.7 Å². The lowest BCUT2D eigenvalue weighted by Gasteiger charge is -2.10. The molecular formula is C17H11ClN4O2. The van der Waals surface area contributed by atoms with Gasteiger partial charge in [0.25, 0.3) is 0 Å². The number of nitrogens with zero attached hydrogens (tertiary/aromatic N) is 3. The standard InChI is InChI=1S/C17H11ClN4O2/c18-14-7-12(6-5-11(14)8-19)21-17(24)10-22-15-4-2-1-3-13(15)16(23)9-20-22/h1-7,9H,10H2,(H,21,24). The fraction of sp³-hybridized carbons (Fsp3) is 0.0588. The van der Waals surface area contributed by atoms with E-state index in [0.29, 0.717) is 22.2 Å². The molecule has 0 aliphatic heterocycles. The van der Waals surface area contributed by atoms with Crippen LogP contribution in [0.4, 0.5) is 5.69 Å². The number of anilines is 1. The van der Waals surface area contributed by atoms with Gasteiger partial charge in [-0.1, -0.05) is 23.7 Å². The van der Waals surface area contributed by atoms with Crippen molar-refractivity contribution in [3.8, 4) is 6.07 Å². The highest BCUT2D eigenvalue weighted by atomic mass is 35.5. The maximum Gasteiger partial charge on any atom is 0.246 e. The van der Waals surface area contributed by atoms with Crippen LogP contribution in [0.25, 0.3) is 10.9 Å². The van der Waals surface area contributed by atoms with Crippen molar-refractivity contribution in [2.75, 3.05) is 5.32 Å². The Morgan fingerprint density at radius 2 is 2.08 bits per heavy atom. The number of nitrogens with one attached hydrogen (secondary N) is 1. The molecule has 0 aliphatic carbocycles. The molecule has 7 heteroatoms. The molecule has 2 aromatic carbocycles. The Balaban J connectivity index is 1.83. The van der Waals surface area contributed by atoms with Crippen LogP contribution in [0.15, 0.2) is 53.5 Å². The smallest absolute Gasteiger partial charge is 0.246 e. The van der Waals surface area contributed by atoms with E-state index in [1.165, 1.54) is 23.0 Å². The van der Waals surface area contributed by atoms with Crippen LogP contribution in [0, 0.1) is 11.3 Å². The van der Waals surface area contributed by atoms with Crippen LogP contribution in [0.2, 0.25) is 5.02 Å². The summed E-state index contributed by atoms with van der Waals surface area (Å²) in [5.74, 6) is -0.322. The molecule has 0 fully saturated rings. The largest absolute Gasteiger partial charge is 0.324 e. The molecule has 0 bridgehead atoms. The summed E-state index contributed by atoms with van der Waals surface area (Å²) in [6.07, 6.45) is 1.19. The van der Waals surface area contributed by atoms with E-state index < -0.39 is 0 Å². The summed E-state index contributed by atoms with van der Waals surface area (Å²) in [4.78, 5) is 24.0. The number of hydrogen-bond donors (Lipinski definition) is 1. The highest BCUT2D eigenvalue weighted by Gasteiger charge is 2.09. The number of carbonyl (C=O) groups is 1. The molecule has 3 rings (SSSR count). The number of rotatable bonds is 3. The number of aromatic nitrogens is 2. The van der Waals surface area contributed by atoms with Gasteiger partial charge in [-0.05, 0) is 30.3 Å². The number of fused-ring (bicyclic) bond motifs is 1. The molecule has 1 N–H and O–H groups in total. The Morgan fingerprint density at radius 3 is 2.83 bits per heavy atom. The van der Waals surface area contributed by atoms with Crippen molar-refractivity contribution >= 4 is 34.1 Å². The van der Waals surface area contributed by atoms with Gasteiger partial charge in [-0.25, -0.2) is 0 Å². The first kappa shape index (κ1) is 15.7. The van der Waals surface area contributed by atoms with Gasteiger partial charge in [-0.2, -0.15) is 10.4 Å². The summed E-state index contributed by atoms with van der Waals surface area (Å²) in [6, 6.07) is 13.5. The van der Waals surface area contributed by atoms with E-state index in [-0.39, 0.29) is 22.9 Å². The van der Waals surface area contributed by atoms with Crippen LogP contribution in [-0.2, 0) is 11.3 Å². The van der Waals surface area contributed by atoms with E-state index in [9.17, 15) is 9.59 Å². The van der Waals surface area contributed by atoms with E-state index in [2.05, 4.69) is 10.4 Å². The summed E-state index contributed by atoms with van der Waals surface area (Å²) in [5.41, 5.74) is 1.20. The number of carbonyl (C=O) groups excluding carboxylic acids is 1. The molecule has 0 saturated heterocycles. The molecule has 0 radical (unpaired) electrons. The van der Waals surface area contributed by atoms with E-state index in [4.69, 9.17) is 16.9 Å². The first-order valence-corrected chi connectivity index (χ1v) is 7.40. The third-order valence-electron chi connectivity index (χ3n) is 3.43. The summed E-state index contributed by atoms with van der Waals surface area (Å²) >= 11 is 5.94. The minimum atomic E-state index is -0.322. The number of para-hydroxylation sites is 1. The van der Waals surface area contributed by atoms with Crippen LogP contribution in [0.3, 0.4) is 0 Å². The van der Waals surface area contributed by atoms with Crippen molar-refractivity contribution in [1.29, 1.82) is 5.26 Å². The molecule has 1 amide bonds. The third-order valence-corrected chi connectivity index (χ3v) is 3.74. The minimum Gasteiger partial charge on any atom is -0.324 e. The van der Waals surface area contributed by atoms with Gasteiger partial charge < -0.3 is 5.32 Å². The molecule has 0 atom stereocenters. The van der Waals surface area contributed by atoms with Gasteiger partial charge in [0.2, 0.25) is 11.3 Å². The van der Waals surface area contributed by atoms with Gasteiger partial charge in [0.1, 0.15) is 12.6 Å². The predicted molar refractivity (Wildman–Crippen MR) is 90.8 cm³/mol. The van der Waals surface area contributed by atoms with E-state index in [1.807, 2.05) is 6.07 Å². The average molecular weight is 339 g/mol. The first-order chi connectivity index (χ1) is 11.6. The Kier molecular flexibility index (Phi) is 4.27. The Morgan fingerprint density at radius 1 is 1.29 bits per heavy atom. The monoisotopic (exact) mass is 338 g/mol. The molecule has 6 nitrogen and oxygen atoms in total. The lowest BCUT2D eigenvalue weighted by Crippen LogP contribution is -2.22. The van der Waals surface area contributed by atoms with Crippen molar-refractivity contribution in [3.63, 3.8) is 0 Å². The second-order valence-corrected chi connectivity index (χ2v) is 5.45. The van der Waals surface area contributed by atoms with Crippen molar-refractivity contribution < 1.29 is 4.79 Å². The molecular weight excluding hydrogens is 328 g/mol. The maximum atomic E-state index is 12.2. The number of halogens is 1. The topological polar surface area (TPSA) is 87.8 Å². The van der Waals surface area contributed by atoms with Crippen molar-refractivity contribution in [1.82, 2.24) is 9.78 Å². The van der Waals surface area contributed by atoms with Gasteiger partial charge in [-0.15, -0.1) is 0 Å². The molecule has 118 valence electrons. The molecule has 0 unspecified atom stereocenters. The summed E-state index contributed by atoms with van der Waals surface area (Å²) in [6.45, 7) is -0.0571. The van der Waals surface area contributed by atoms with Crippen LogP contribution in [0.5, 0.6) is 0 Å². The zero-order valence-electron chi connectivity index (χ0n) is 12.4. The number of amides is 1. The molecule has 1 aromatic heterocycles. The van der Waals surface area contributed by atoms with Gasteiger partial charge in [0, 0.05) is 11.1 Å². The highest BCUT2D eigenvalue weighted by Crippen LogP contribution is 2.20. The quantitative estimate of drug-likeness (QED) is 0.795. The summed E-state index contributed by atoms with van der Waals surface area (Å²) < 4.78 is 1.46. The second kappa shape index (κ2) is 6.52. The fourth-order valence-electron chi connectivity index (χ4n) is 2.31. The van der Waals surface area contributed by atoms with Crippen LogP contribution >= 0.6 is 11.6 Å². The van der Waals surface area contributed by atoms with E-state index in [0.717, 1.165) is 0 Å². The van der Waals surface area contributed by atoms with Crippen LogP contribution in [0.1, 0.15) is 5.56 Å². The predicted octanol–water partition coefficient (Wildman–Crippen LogP) is 2.56. The van der Waals surface area contributed by atoms with Crippen molar-refractivity contribution in [3.05, 3.63) is 69.5 Å². The van der Waals surface area contributed by atoms with Gasteiger partial charge in [0.05, 0.1) is 22.3 Å². The fourth-order valence-corrected chi connectivity index (χ4v) is 2.53. The normalized spacial score (nSPS) is 10.3. The summed E-state index contributed by atoms with van der Waals surface area (Å²) in [7, 11) is 0. The summed E-state index contributed by atoms with van der Waals surface area (Å²) in [5, 5.41) is 16.3. The lowest BCUT2D eigenvalue weighted by molar-refractivity contribution is -0.116. The SMILES string of the molecule is N#Cc1ccc(NC(=O)Cn2ncc(=O)c3ccccc32)cc1Cl. The number of benzene rings is 2. The van der Waals surface area contributed by atoms with E-state index in [1.54, 1.807) is 30.3 Å². The molecule has 0 spiro atoms. The number of nitriles is 1. The molecule has 1 heterocycles. The Labute approximate surface area is 141 Å². The first-order valence-electron chi connectivity index (χ1n) is 7.03. The third kappa shape index (κ3) is 3.12. The zero-order valence-corrected chi connectivity index (χ0v) is 13.1. The highest BCUT2D eigenvalue weighted by molar-refractivity contribution is 6.32. The van der Waals surface area contributed by atoms with Gasteiger partial charge >= 0.3 is 0 Å². The molecule has 24 heavy (non-hydrogen) atoms. The molecule has 0 aliphatic rings. The lowest BCUT2D eigenvalue weighted by atomic mass is 10.2. The second-order valence-electron chi connectivity index (χ2n) is 5.04. The van der Waals surface area contributed by atoms with Crippen molar-refractivity contribution in [2.24, 2.45) is 0 Å². The molecule has 3 aromatic rings. The van der Waals surface area contributed by atoms with Gasteiger partial charge in [-0.3, -0.25) is 14.3 Å². The average Bonchev–Trinajstić information content (AvgIpc) is 2.58. The zero-order chi connectivity index (χ0) is 17.1. The van der Waals surface area contributed by atoms with Crippen molar-refractivity contribution in [2.45, 2.75) is 6.54 Å². The van der Waals surface area contributed by atoms with E-state index >= 15 is 0 Å².